The Labute approximate surface area is 165 Å². The summed E-state index contributed by atoms with van der Waals surface area (Å²) in [5.41, 5.74) is 1.43. The minimum absolute atomic E-state index is 0.0188. The maximum Gasteiger partial charge on any atom is 0.333 e. The van der Waals surface area contributed by atoms with E-state index in [1.54, 1.807) is 37.3 Å². The largest absolute Gasteiger partial charge is 0.467 e. The van der Waals surface area contributed by atoms with Crippen LogP contribution in [0.2, 0.25) is 5.02 Å². The summed E-state index contributed by atoms with van der Waals surface area (Å²) in [6, 6.07) is 11.7. The van der Waals surface area contributed by atoms with E-state index < -0.39 is 23.7 Å². The SMILES string of the molecule is COC(=O)C(NC(=O)c1nnn(-c2ccc(F)c(Cl)c2)c1C)c1ccccc1. The topological polar surface area (TPSA) is 86.1 Å². The zero-order chi connectivity index (χ0) is 20.3. The van der Waals surface area contributed by atoms with Crippen molar-refractivity contribution in [3.63, 3.8) is 0 Å². The van der Waals surface area contributed by atoms with Gasteiger partial charge in [0.1, 0.15) is 5.82 Å². The second kappa shape index (κ2) is 8.18. The number of nitrogens with zero attached hydrogens (tertiary/aromatic N) is 3. The molecule has 0 bridgehead atoms. The number of aromatic nitrogens is 3. The first-order chi connectivity index (χ1) is 13.4. The lowest BCUT2D eigenvalue weighted by molar-refractivity contribution is -0.143. The Bertz CT molecular complexity index is 1020. The summed E-state index contributed by atoms with van der Waals surface area (Å²) in [7, 11) is 1.24. The van der Waals surface area contributed by atoms with Crippen molar-refractivity contribution in [1.82, 2.24) is 20.3 Å². The molecule has 1 aromatic heterocycles. The van der Waals surface area contributed by atoms with E-state index in [1.165, 1.54) is 30.0 Å². The zero-order valence-electron chi connectivity index (χ0n) is 15.0. The minimum atomic E-state index is -0.997. The molecule has 1 amide bonds. The van der Waals surface area contributed by atoms with Gasteiger partial charge in [0.05, 0.1) is 23.5 Å². The highest BCUT2D eigenvalue weighted by Crippen LogP contribution is 2.21. The van der Waals surface area contributed by atoms with Gasteiger partial charge in [0.2, 0.25) is 0 Å². The fraction of sp³-hybridized carbons (Fsp3) is 0.158. The van der Waals surface area contributed by atoms with Gasteiger partial charge in [-0.15, -0.1) is 5.10 Å². The Morgan fingerprint density at radius 1 is 1.21 bits per heavy atom. The molecule has 0 saturated heterocycles. The van der Waals surface area contributed by atoms with Crippen LogP contribution in [0.1, 0.15) is 27.8 Å². The van der Waals surface area contributed by atoms with E-state index in [9.17, 15) is 14.0 Å². The van der Waals surface area contributed by atoms with Gasteiger partial charge in [0.15, 0.2) is 11.7 Å². The van der Waals surface area contributed by atoms with Crippen LogP contribution in [0.5, 0.6) is 0 Å². The van der Waals surface area contributed by atoms with Crippen LogP contribution >= 0.6 is 11.6 Å². The van der Waals surface area contributed by atoms with Crippen molar-refractivity contribution in [2.75, 3.05) is 7.11 Å². The van der Waals surface area contributed by atoms with Gasteiger partial charge in [0.25, 0.3) is 5.91 Å². The van der Waals surface area contributed by atoms with E-state index in [0.29, 0.717) is 16.9 Å². The van der Waals surface area contributed by atoms with Gasteiger partial charge >= 0.3 is 5.97 Å². The van der Waals surface area contributed by atoms with Gasteiger partial charge in [-0.25, -0.2) is 13.9 Å². The fourth-order valence-electron chi connectivity index (χ4n) is 2.64. The van der Waals surface area contributed by atoms with Gasteiger partial charge in [-0.2, -0.15) is 0 Å². The summed E-state index contributed by atoms with van der Waals surface area (Å²) < 4.78 is 19.5. The van der Waals surface area contributed by atoms with Gasteiger partial charge in [-0.05, 0) is 30.7 Å². The number of carbonyl (C=O) groups excluding carboxylic acids is 2. The van der Waals surface area contributed by atoms with E-state index in [1.807, 2.05) is 0 Å². The number of amides is 1. The Morgan fingerprint density at radius 2 is 1.93 bits per heavy atom. The van der Waals surface area contributed by atoms with Gasteiger partial charge in [-0.1, -0.05) is 47.1 Å². The average Bonchev–Trinajstić information content (AvgIpc) is 3.09. The average molecular weight is 403 g/mol. The Kier molecular flexibility index (Phi) is 5.70. The molecule has 0 radical (unpaired) electrons. The molecule has 0 aliphatic heterocycles. The van der Waals surface area contributed by atoms with Crippen LogP contribution in [0.15, 0.2) is 48.5 Å². The molecule has 3 aromatic rings. The number of benzene rings is 2. The van der Waals surface area contributed by atoms with E-state index in [-0.39, 0.29) is 10.7 Å². The normalized spacial score (nSPS) is 11.7. The van der Waals surface area contributed by atoms with Gasteiger partial charge in [-0.3, -0.25) is 4.79 Å². The quantitative estimate of drug-likeness (QED) is 0.663. The Morgan fingerprint density at radius 3 is 2.57 bits per heavy atom. The number of hydrogen-bond donors (Lipinski definition) is 1. The maximum atomic E-state index is 13.4. The van der Waals surface area contributed by atoms with Crippen molar-refractivity contribution in [2.24, 2.45) is 0 Å². The second-order valence-corrected chi connectivity index (χ2v) is 6.28. The first-order valence-electron chi connectivity index (χ1n) is 8.23. The predicted molar refractivity (Wildman–Crippen MR) is 99.7 cm³/mol. The molecule has 1 heterocycles. The number of rotatable bonds is 5. The molecule has 1 unspecified atom stereocenters. The van der Waals surface area contributed by atoms with Crippen LogP contribution in [0, 0.1) is 12.7 Å². The zero-order valence-corrected chi connectivity index (χ0v) is 15.8. The molecule has 1 atom stereocenters. The molecule has 2 aromatic carbocycles. The van der Waals surface area contributed by atoms with Crippen LogP contribution in [0.4, 0.5) is 4.39 Å². The summed E-state index contributed by atoms with van der Waals surface area (Å²) in [6.07, 6.45) is 0. The molecule has 9 heteroatoms. The second-order valence-electron chi connectivity index (χ2n) is 5.87. The van der Waals surface area contributed by atoms with E-state index in [0.717, 1.165) is 0 Å². The minimum Gasteiger partial charge on any atom is -0.467 e. The van der Waals surface area contributed by atoms with Gasteiger partial charge < -0.3 is 10.1 Å². The van der Waals surface area contributed by atoms with Crippen LogP contribution < -0.4 is 5.32 Å². The van der Waals surface area contributed by atoms with E-state index in [4.69, 9.17) is 16.3 Å². The van der Waals surface area contributed by atoms with Crippen molar-refractivity contribution in [3.8, 4) is 5.69 Å². The lowest BCUT2D eigenvalue weighted by atomic mass is 10.1. The summed E-state index contributed by atoms with van der Waals surface area (Å²) in [4.78, 5) is 24.8. The third kappa shape index (κ3) is 3.86. The summed E-state index contributed by atoms with van der Waals surface area (Å²) in [5.74, 6) is -1.78. The number of carbonyl (C=O) groups is 2. The smallest absolute Gasteiger partial charge is 0.333 e. The molecule has 0 fully saturated rings. The summed E-state index contributed by atoms with van der Waals surface area (Å²) in [6.45, 7) is 1.63. The predicted octanol–water partition coefficient (Wildman–Crippen LogP) is 3.01. The van der Waals surface area contributed by atoms with Crippen molar-refractivity contribution in [1.29, 1.82) is 0 Å². The third-order valence-corrected chi connectivity index (χ3v) is 4.39. The van der Waals surface area contributed by atoms with Crippen LogP contribution in [-0.4, -0.2) is 34.0 Å². The molecule has 28 heavy (non-hydrogen) atoms. The van der Waals surface area contributed by atoms with Crippen molar-refractivity contribution in [3.05, 3.63) is 76.3 Å². The van der Waals surface area contributed by atoms with Crippen LogP contribution in [-0.2, 0) is 9.53 Å². The highest BCUT2D eigenvalue weighted by Gasteiger charge is 2.26. The van der Waals surface area contributed by atoms with Crippen LogP contribution in [0.3, 0.4) is 0 Å². The standard InChI is InChI=1S/C19H16ClFN4O3/c1-11-16(23-24-25(11)13-8-9-15(21)14(20)10-13)18(26)22-17(19(27)28-2)12-6-4-3-5-7-12/h3-10,17H,1-2H3,(H,22,26). The summed E-state index contributed by atoms with van der Waals surface area (Å²) in [5, 5.41) is 10.4. The molecule has 0 aliphatic rings. The molecular formula is C19H16ClFN4O3. The maximum absolute atomic E-state index is 13.4. The number of halogens is 2. The first-order valence-corrected chi connectivity index (χ1v) is 8.61. The molecule has 0 aliphatic carbocycles. The molecule has 0 saturated carbocycles. The number of esters is 1. The summed E-state index contributed by atoms with van der Waals surface area (Å²) >= 11 is 5.81. The van der Waals surface area contributed by atoms with Crippen LogP contribution in [0.25, 0.3) is 5.69 Å². The Balaban J connectivity index is 1.89. The van der Waals surface area contributed by atoms with Gasteiger partial charge in [0, 0.05) is 0 Å². The molecule has 3 rings (SSSR count). The van der Waals surface area contributed by atoms with Crippen molar-refractivity contribution < 1.29 is 18.7 Å². The Hall–Kier alpha value is -3.26. The highest BCUT2D eigenvalue weighted by atomic mass is 35.5. The molecule has 0 spiro atoms. The van der Waals surface area contributed by atoms with E-state index >= 15 is 0 Å². The highest BCUT2D eigenvalue weighted by molar-refractivity contribution is 6.30. The number of methoxy groups -OCH3 is 1. The first kappa shape index (κ1) is 19.5. The van der Waals surface area contributed by atoms with Crippen molar-refractivity contribution >= 4 is 23.5 Å². The number of ether oxygens (including phenoxy) is 1. The third-order valence-electron chi connectivity index (χ3n) is 4.10. The fourth-order valence-corrected chi connectivity index (χ4v) is 2.82. The van der Waals surface area contributed by atoms with E-state index in [2.05, 4.69) is 15.6 Å². The number of nitrogens with one attached hydrogen (secondary N) is 1. The number of hydrogen-bond acceptors (Lipinski definition) is 5. The lowest BCUT2D eigenvalue weighted by Crippen LogP contribution is -2.35. The molecule has 7 nitrogen and oxygen atoms in total. The lowest BCUT2D eigenvalue weighted by Gasteiger charge is -2.16. The van der Waals surface area contributed by atoms with Crippen molar-refractivity contribution in [2.45, 2.75) is 13.0 Å². The monoisotopic (exact) mass is 402 g/mol. The molecular weight excluding hydrogens is 387 g/mol. The molecule has 1 N–H and O–H groups in total. The molecule has 144 valence electrons.